The molecule has 9 heteroatoms. The highest BCUT2D eigenvalue weighted by Crippen LogP contribution is 2.21. The number of ether oxygens (including phenoxy) is 1. The number of thiophene rings is 1. The van der Waals surface area contributed by atoms with Crippen LogP contribution < -0.4 is 10.1 Å². The molecule has 1 fully saturated rings. The Morgan fingerprint density at radius 2 is 1.94 bits per heavy atom. The van der Waals surface area contributed by atoms with E-state index in [9.17, 15) is 4.79 Å². The smallest absolute Gasteiger partial charge is 0.238 e. The summed E-state index contributed by atoms with van der Waals surface area (Å²) in [5, 5.41) is 9.01. The summed E-state index contributed by atoms with van der Waals surface area (Å²) in [6.45, 7) is 5.09. The highest BCUT2D eigenvalue weighted by Gasteiger charge is 2.19. The summed E-state index contributed by atoms with van der Waals surface area (Å²) in [5.74, 6) is 2.15. The zero-order chi connectivity index (χ0) is 21.5. The minimum Gasteiger partial charge on any atom is -0.497 e. The molecule has 1 aliphatic heterocycles. The fourth-order valence-electron chi connectivity index (χ4n) is 3.57. The van der Waals surface area contributed by atoms with Crippen molar-refractivity contribution in [3.63, 3.8) is 0 Å². The van der Waals surface area contributed by atoms with Crippen molar-refractivity contribution in [2.45, 2.75) is 12.8 Å². The highest BCUT2D eigenvalue weighted by molar-refractivity contribution is 7.13. The van der Waals surface area contributed by atoms with Gasteiger partial charge in [-0.05, 0) is 48.7 Å². The Hall–Kier alpha value is -2.75. The summed E-state index contributed by atoms with van der Waals surface area (Å²) >= 11 is 1.61. The molecule has 2 aromatic heterocycles. The number of piperazine rings is 1. The van der Waals surface area contributed by atoms with E-state index in [1.807, 2.05) is 41.8 Å². The lowest BCUT2D eigenvalue weighted by Gasteiger charge is -2.34. The van der Waals surface area contributed by atoms with Crippen LogP contribution in [-0.2, 0) is 11.2 Å². The van der Waals surface area contributed by atoms with Gasteiger partial charge in [0.15, 0.2) is 0 Å². The molecule has 0 aliphatic carbocycles. The average Bonchev–Trinajstić information content (AvgIpc) is 3.47. The summed E-state index contributed by atoms with van der Waals surface area (Å²) < 4.78 is 10.5. The van der Waals surface area contributed by atoms with E-state index in [2.05, 4.69) is 25.3 Å². The molecule has 0 saturated carbocycles. The molecule has 0 unspecified atom stereocenters. The summed E-state index contributed by atoms with van der Waals surface area (Å²) in [6, 6.07) is 11.4. The lowest BCUT2D eigenvalue weighted by molar-refractivity contribution is -0.117. The maximum atomic E-state index is 12.3. The van der Waals surface area contributed by atoms with Crippen molar-refractivity contribution < 1.29 is 14.1 Å². The lowest BCUT2D eigenvalue weighted by Crippen LogP contribution is -2.48. The molecule has 164 valence electrons. The number of aromatic nitrogens is 2. The second-order valence-corrected chi connectivity index (χ2v) is 8.43. The summed E-state index contributed by atoms with van der Waals surface area (Å²) in [7, 11) is 1.63. The second kappa shape index (κ2) is 10.5. The van der Waals surface area contributed by atoms with Crippen molar-refractivity contribution in [2.75, 3.05) is 51.7 Å². The zero-order valence-corrected chi connectivity index (χ0v) is 18.4. The number of carbonyl (C=O) groups excluding carboxylic acids is 1. The van der Waals surface area contributed by atoms with Gasteiger partial charge in [-0.1, -0.05) is 11.2 Å². The molecule has 1 aromatic carbocycles. The van der Waals surface area contributed by atoms with E-state index in [0.29, 0.717) is 18.3 Å². The monoisotopic (exact) mass is 441 g/mol. The number of methoxy groups -OCH3 is 1. The largest absolute Gasteiger partial charge is 0.497 e. The number of rotatable bonds is 9. The van der Waals surface area contributed by atoms with Crippen LogP contribution in [0.1, 0.15) is 12.3 Å². The third kappa shape index (κ3) is 6.13. The minimum absolute atomic E-state index is 0.0107. The second-order valence-electron chi connectivity index (χ2n) is 7.49. The maximum Gasteiger partial charge on any atom is 0.238 e. The van der Waals surface area contributed by atoms with Gasteiger partial charge in [0.1, 0.15) is 5.75 Å². The van der Waals surface area contributed by atoms with E-state index in [0.717, 1.165) is 61.9 Å². The Kier molecular flexibility index (Phi) is 7.29. The molecule has 0 atom stereocenters. The Labute approximate surface area is 185 Å². The van der Waals surface area contributed by atoms with Crippen LogP contribution in [0.3, 0.4) is 0 Å². The number of nitrogens with zero attached hydrogens (tertiary/aromatic N) is 4. The molecule has 0 bridgehead atoms. The molecule has 1 aliphatic rings. The molecule has 3 aromatic rings. The predicted molar refractivity (Wildman–Crippen MR) is 120 cm³/mol. The van der Waals surface area contributed by atoms with E-state index >= 15 is 0 Å². The number of hydrogen-bond acceptors (Lipinski definition) is 8. The zero-order valence-electron chi connectivity index (χ0n) is 17.6. The van der Waals surface area contributed by atoms with Gasteiger partial charge in [-0.3, -0.25) is 9.69 Å². The van der Waals surface area contributed by atoms with Crippen LogP contribution >= 0.6 is 11.3 Å². The number of aryl methyl sites for hydroxylation is 1. The van der Waals surface area contributed by atoms with Crippen LogP contribution in [0.5, 0.6) is 5.75 Å². The molecule has 8 nitrogen and oxygen atoms in total. The van der Waals surface area contributed by atoms with Gasteiger partial charge in [-0.25, -0.2) is 0 Å². The van der Waals surface area contributed by atoms with Gasteiger partial charge < -0.3 is 19.5 Å². The fourth-order valence-corrected chi connectivity index (χ4v) is 4.21. The van der Waals surface area contributed by atoms with Crippen molar-refractivity contribution in [1.82, 2.24) is 19.9 Å². The number of anilines is 1. The van der Waals surface area contributed by atoms with E-state index < -0.39 is 0 Å². The topological polar surface area (TPSA) is 83.7 Å². The van der Waals surface area contributed by atoms with Crippen LogP contribution in [0.25, 0.3) is 10.7 Å². The fraction of sp³-hybridized carbons (Fsp3) is 0.409. The molecule has 4 rings (SSSR count). The standard InChI is InChI=1S/C22H27N5O3S/c1-29-18-8-6-17(7-9-18)23-20(28)16-27-13-11-26(12-14-27)10-2-5-21-24-22(25-30-21)19-4-3-15-31-19/h3-4,6-9,15H,2,5,10-14,16H2,1H3,(H,23,28). The average molecular weight is 442 g/mol. The summed E-state index contributed by atoms with van der Waals surface area (Å²) in [6.07, 6.45) is 1.76. The lowest BCUT2D eigenvalue weighted by atomic mass is 10.2. The van der Waals surface area contributed by atoms with Gasteiger partial charge in [0.25, 0.3) is 0 Å². The predicted octanol–water partition coefficient (Wildman–Crippen LogP) is 3.00. The van der Waals surface area contributed by atoms with E-state index in [1.165, 1.54) is 0 Å². The van der Waals surface area contributed by atoms with Gasteiger partial charge in [-0.15, -0.1) is 11.3 Å². The van der Waals surface area contributed by atoms with Crippen LogP contribution in [0.2, 0.25) is 0 Å². The Bertz CT molecular complexity index is 950. The Morgan fingerprint density at radius 3 is 2.65 bits per heavy atom. The van der Waals surface area contributed by atoms with Crippen molar-refractivity contribution in [3.8, 4) is 16.5 Å². The van der Waals surface area contributed by atoms with Crippen molar-refractivity contribution >= 4 is 22.9 Å². The Balaban J connectivity index is 1.13. The highest BCUT2D eigenvalue weighted by atomic mass is 32.1. The molecule has 0 radical (unpaired) electrons. The summed E-state index contributed by atoms with van der Waals surface area (Å²) in [5.41, 5.74) is 0.785. The number of hydrogen-bond donors (Lipinski definition) is 1. The third-order valence-electron chi connectivity index (χ3n) is 5.28. The van der Waals surface area contributed by atoms with Crippen molar-refractivity contribution in [3.05, 3.63) is 47.7 Å². The first-order chi connectivity index (χ1) is 15.2. The van der Waals surface area contributed by atoms with Crippen LogP contribution in [-0.4, -0.2) is 72.2 Å². The maximum absolute atomic E-state index is 12.3. The first-order valence-corrected chi connectivity index (χ1v) is 11.3. The Morgan fingerprint density at radius 1 is 1.16 bits per heavy atom. The molecule has 0 spiro atoms. The van der Waals surface area contributed by atoms with Crippen molar-refractivity contribution in [1.29, 1.82) is 0 Å². The first kappa shape index (κ1) is 21.5. The van der Waals surface area contributed by atoms with Gasteiger partial charge in [0, 0.05) is 38.3 Å². The number of nitrogens with one attached hydrogen (secondary N) is 1. The quantitative estimate of drug-likeness (QED) is 0.546. The molecule has 1 saturated heterocycles. The first-order valence-electron chi connectivity index (χ1n) is 10.4. The SMILES string of the molecule is COc1ccc(NC(=O)CN2CCN(CCCc3nc(-c4cccs4)no3)CC2)cc1. The van der Waals surface area contributed by atoms with Crippen LogP contribution in [0.4, 0.5) is 5.69 Å². The van der Waals surface area contributed by atoms with Crippen LogP contribution in [0, 0.1) is 0 Å². The van der Waals surface area contributed by atoms with Crippen LogP contribution in [0.15, 0.2) is 46.3 Å². The number of amides is 1. The molecule has 1 N–H and O–H groups in total. The molecule has 3 heterocycles. The normalized spacial score (nSPS) is 15.1. The minimum atomic E-state index is 0.0107. The molecular formula is C22H27N5O3S. The van der Waals surface area contributed by atoms with Gasteiger partial charge >= 0.3 is 0 Å². The molecular weight excluding hydrogens is 414 g/mol. The molecule has 1 amide bonds. The number of benzene rings is 1. The van der Waals surface area contributed by atoms with E-state index in [-0.39, 0.29) is 5.91 Å². The van der Waals surface area contributed by atoms with Gasteiger partial charge in [0.05, 0.1) is 18.5 Å². The van der Waals surface area contributed by atoms with E-state index in [1.54, 1.807) is 18.4 Å². The van der Waals surface area contributed by atoms with Crippen molar-refractivity contribution in [2.24, 2.45) is 0 Å². The summed E-state index contributed by atoms with van der Waals surface area (Å²) in [4.78, 5) is 22.4. The van der Waals surface area contributed by atoms with E-state index in [4.69, 9.17) is 9.26 Å². The van der Waals surface area contributed by atoms with Gasteiger partial charge in [-0.2, -0.15) is 4.98 Å². The third-order valence-corrected chi connectivity index (χ3v) is 6.15. The number of carbonyl (C=O) groups is 1. The molecule has 31 heavy (non-hydrogen) atoms. The van der Waals surface area contributed by atoms with Gasteiger partial charge in [0.2, 0.25) is 17.6 Å².